The minimum atomic E-state index is -0.836. The molecule has 2 aromatic carbocycles. The van der Waals surface area contributed by atoms with E-state index in [9.17, 15) is 9.90 Å². The Morgan fingerprint density at radius 1 is 1.15 bits per heavy atom. The van der Waals surface area contributed by atoms with Crippen molar-refractivity contribution in [1.82, 2.24) is 10.6 Å². The van der Waals surface area contributed by atoms with E-state index in [1.165, 1.54) is 0 Å². The van der Waals surface area contributed by atoms with Gasteiger partial charge in [0.25, 0.3) is 0 Å². The molecular formula is C21H24N2O4. The van der Waals surface area contributed by atoms with E-state index in [4.69, 9.17) is 9.47 Å². The number of amides is 2. The number of fused-ring (bicyclic) bond motifs is 1. The Morgan fingerprint density at radius 2 is 1.89 bits per heavy atom. The SMILES string of the molecule is COc1ccc([C@H]2C[C@]3(CC(C)(C)NC(=O)N3)Oc3cc(O)ccc32)cc1. The second-order valence-electron chi connectivity index (χ2n) is 7.99. The lowest BCUT2D eigenvalue weighted by Crippen LogP contribution is -2.69. The van der Waals surface area contributed by atoms with Crippen LogP contribution in [0.25, 0.3) is 0 Å². The Hall–Kier alpha value is -2.89. The van der Waals surface area contributed by atoms with E-state index in [2.05, 4.69) is 10.6 Å². The van der Waals surface area contributed by atoms with Crippen LogP contribution in [0.2, 0.25) is 0 Å². The van der Waals surface area contributed by atoms with Gasteiger partial charge in [-0.25, -0.2) is 4.79 Å². The Morgan fingerprint density at radius 3 is 2.56 bits per heavy atom. The molecule has 2 aromatic rings. The minimum absolute atomic E-state index is 0.0226. The average molecular weight is 368 g/mol. The van der Waals surface area contributed by atoms with Gasteiger partial charge in [-0.15, -0.1) is 0 Å². The summed E-state index contributed by atoms with van der Waals surface area (Å²) in [6.45, 7) is 3.97. The largest absolute Gasteiger partial charge is 0.508 e. The first kappa shape index (κ1) is 17.5. The number of phenolic OH excluding ortho intramolecular Hbond substituents is 1. The summed E-state index contributed by atoms with van der Waals surface area (Å²) in [4.78, 5) is 12.3. The van der Waals surface area contributed by atoms with E-state index < -0.39 is 11.3 Å². The number of carbonyl (C=O) groups is 1. The summed E-state index contributed by atoms with van der Waals surface area (Å²) in [5.74, 6) is 1.55. The molecule has 142 valence electrons. The van der Waals surface area contributed by atoms with Crippen molar-refractivity contribution in [1.29, 1.82) is 0 Å². The van der Waals surface area contributed by atoms with Crippen molar-refractivity contribution >= 4 is 6.03 Å². The molecule has 2 aliphatic rings. The number of hydrogen-bond donors (Lipinski definition) is 3. The van der Waals surface area contributed by atoms with Gasteiger partial charge in [-0.2, -0.15) is 0 Å². The smallest absolute Gasteiger partial charge is 0.318 e. The number of carbonyl (C=O) groups excluding carboxylic acids is 1. The Bertz CT molecular complexity index is 878. The van der Waals surface area contributed by atoms with Gasteiger partial charge in [0.1, 0.15) is 17.2 Å². The first-order valence-corrected chi connectivity index (χ1v) is 9.05. The summed E-state index contributed by atoms with van der Waals surface area (Å²) in [6, 6.07) is 12.9. The lowest BCUT2D eigenvalue weighted by molar-refractivity contribution is -0.0236. The zero-order valence-corrected chi connectivity index (χ0v) is 15.7. The highest BCUT2D eigenvalue weighted by Crippen LogP contribution is 2.47. The first-order chi connectivity index (χ1) is 12.8. The number of aromatic hydroxyl groups is 1. The monoisotopic (exact) mass is 368 g/mol. The van der Waals surface area contributed by atoms with Crippen LogP contribution in [-0.4, -0.2) is 29.5 Å². The molecule has 2 aliphatic heterocycles. The van der Waals surface area contributed by atoms with Crippen molar-refractivity contribution in [3.05, 3.63) is 53.6 Å². The van der Waals surface area contributed by atoms with Gasteiger partial charge in [0.05, 0.1) is 7.11 Å². The number of methoxy groups -OCH3 is 1. The summed E-state index contributed by atoms with van der Waals surface area (Å²) in [5, 5.41) is 15.9. The van der Waals surface area contributed by atoms with Gasteiger partial charge in [0, 0.05) is 35.9 Å². The number of phenols is 1. The zero-order valence-electron chi connectivity index (χ0n) is 15.7. The molecule has 0 saturated carbocycles. The van der Waals surface area contributed by atoms with Crippen LogP contribution in [0.1, 0.15) is 43.7 Å². The summed E-state index contributed by atoms with van der Waals surface area (Å²) in [7, 11) is 1.64. The third-order valence-electron chi connectivity index (χ3n) is 5.25. The molecule has 4 rings (SSSR count). The van der Waals surface area contributed by atoms with E-state index in [-0.39, 0.29) is 17.7 Å². The molecular weight excluding hydrogens is 344 g/mol. The second-order valence-corrected chi connectivity index (χ2v) is 7.99. The molecule has 0 bridgehead atoms. The molecule has 2 amide bonds. The van der Waals surface area contributed by atoms with Crippen molar-refractivity contribution in [2.24, 2.45) is 0 Å². The predicted octanol–water partition coefficient (Wildman–Crippen LogP) is 3.49. The van der Waals surface area contributed by atoms with Crippen LogP contribution in [0, 0.1) is 0 Å². The molecule has 1 fully saturated rings. The number of urea groups is 1. The van der Waals surface area contributed by atoms with Crippen molar-refractivity contribution < 1.29 is 19.4 Å². The van der Waals surface area contributed by atoms with Crippen LogP contribution < -0.4 is 20.1 Å². The third kappa shape index (κ3) is 3.27. The maximum atomic E-state index is 12.3. The number of rotatable bonds is 2. The van der Waals surface area contributed by atoms with Crippen LogP contribution in [-0.2, 0) is 0 Å². The van der Waals surface area contributed by atoms with Gasteiger partial charge in [-0.1, -0.05) is 18.2 Å². The highest BCUT2D eigenvalue weighted by molar-refractivity contribution is 5.77. The maximum absolute atomic E-state index is 12.3. The topological polar surface area (TPSA) is 79.8 Å². The summed E-state index contributed by atoms with van der Waals surface area (Å²) in [5.41, 5.74) is 0.864. The highest BCUT2D eigenvalue weighted by Gasteiger charge is 2.49. The van der Waals surface area contributed by atoms with Gasteiger partial charge in [-0.3, -0.25) is 0 Å². The quantitative estimate of drug-likeness (QED) is 0.758. The molecule has 6 heteroatoms. The molecule has 2 heterocycles. The summed E-state index contributed by atoms with van der Waals surface area (Å²) >= 11 is 0. The van der Waals surface area contributed by atoms with E-state index in [0.29, 0.717) is 18.6 Å². The lowest BCUT2D eigenvalue weighted by Gasteiger charge is -2.49. The predicted molar refractivity (Wildman–Crippen MR) is 101 cm³/mol. The summed E-state index contributed by atoms with van der Waals surface area (Å²) < 4.78 is 11.6. The fourth-order valence-corrected chi connectivity index (χ4v) is 4.26. The van der Waals surface area contributed by atoms with Crippen LogP contribution in [0.3, 0.4) is 0 Å². The van der Waals surface area contributed by atoms with E-state index >= 15 is 0 Å². The van der Waals surface area contributed by atoms with Crippen LogP contribution in [0.15, 0.2) is 42.5 Å². The number of ether oxygens (including phenoxy) is 2. The van der Waals surface area contributed by atoms with E-state index in [1.807, 2.05) is 44.2 Å². The van der Waals surface area contributed by atoms with Crippen molar-refractivity contribution in [2.45, 2.75) is 43.9 Å². The summed E-state index contributed by atoms with van der Waals surface area (Å²) in [6.07, 6.45) is 1.21. The van der Waals surface area contributed by atoms with Gasteiger partial charge in [-0.05, 0) is 37.6 Å². The van der Waals surface area contributed by atoms with Gasteiger partial charge in [0.15, 0.2) is 5.72 Å². The van der Waals surface area contributed by atoms with E-state index in [0.717, 1.165) is 16.9 Å². The standard InChI is InChI=1S/C21H24N2O4/c1-20(2)12-21(23-19(25)22-20)11-17(13-4-7-15(26-3)8-5-13)16-9-6-14(24)10-18(16)27-21/h4-10,17,24H,11-12H2,1-3H3,(H2,22,23,25)/t17-,21-/m1/s1. The molecule has 0 aromatic heterocycles. The van der Waals surface area contributed by atoms with Gasteiger partial charge < -0.3 is 25.2 Å². The molecule has 1 spiro atoms. The Kier molecular flexibility index (Phi) is 3.94. The molecule has 0 radical (unpaired) electrons. The minimum Gasteiger partial charge on any atom is -0.508 e. The molecule has 6 nitrogen and oxygen atoms in total. The molecule has 27 heavy (non-hydrogen) atoms. The Balaban J connectivity index is 1.79. The molecule has 1 saturated heterocycles. The fraction of sp³-hybridized carbons (Fsp3) is 0.381. The second kappa shape index (κ2) is 6.08. The molecule has 0 aliphatic carbocycles. The maximum Gasteiger partial charge on any atom is 0.318 e. The number of benzene rings is 2. The highest BCUT2D eigenvalue weighted by atomic mass is 16.5. The zero-order chi connectivity index (χ0) is 19.2. The van der Waals surface area contributed by atoms with Crippen molar-refractivity contribution in [2.75, 3.05) is 7.11 Å². The molecule has 0 unspecified atom stereocenters. The van der Waals surface area contributed by atoms with Crippen LogP contribution in [0.5, 0.6) is 17.2 Å². The fourth-order valence-electron chi connectivity index (χ4n) is 4.26. The molecule has 3 N–H and O–H groups in total. The lowest BCUT2D eigenvalue weighted by atomic mass is 9.77. The van der Waals surface area contributed by atoms with Gasteiger partial charge in [0.2, 0.25) is 0 Å². The van der Waals surface area contributed by atoms with Crippen LogP contribution in [0.4, 0.5) is 4.79 Å². The van der Waals surface area contributed by atoms with Gasteiger partial charge >= 0.3 is 6.03 Å². The van der Waals surface area contributed by atoms with Crippen LogP contribution >= 0.6 is 0 Å². The third-order valence-corrected chi connectivity index (χ3v) is 5.25. The average Bonchev–Trinajstić information content (AvgIpc) is 2.58. The van der Waals surface area contributed by atoms with Crippen molar-refractivity contribution in [3.63, 3.8) is 0 Å². The Labute approximate surface area is 158 Å². The normalized spacial score (nSPS) is 25.7. The first-order valence-electron chi connectivity index (χ1n) is 9.05. The number of nitrogens with one attached hydrogen (secondary N) is 2. The van der Waals surface area contributed by atoms with E-state index in [1.54, 1.807) is 19.2 Å². The molecule has 2 atom stereocenters. The van der Waals surface area contributed by atoms with Crippen molar-refractivity contribution in [3.8, 4) is 17.2 Å². The number of hydrogen-bond acceptors (Lipinski definition) is 4.